The van der Waals surface area contributed by atoms with Gasteiger partial charge in [0.1, 0.15) is 0 Å². The molecule has 2 heterocycles. The Kier molecular flexibility index (Phi) is 7.24. The highest BCUT2D eigenvalue weighted by Gasteiger charge is 2.20. The van der Waals surface area contributed by atoms with E-state index < -0.39 is 0 Å². The molecule has 0 saturated carbocycles. The molecule has 0 unspecified atom stereocenters. The van der Waals surface area contributed by atoms with Gasteiger partial charge < -0.3 is 10.2 Å². The third-order valence-corrected chi connectivity index (χ3v) is 4.05. The van der Waals surface area contributed by atoms with Crippen molar-refractivity contribution in [3.8, 4) is 12.3 Å². The molecule has 1 aliphatic rings. The smallest absolute Gasteiger partial charge is 0.234 e. The van der Waals surface area contributed by atoms with E-state index in [0.29, 0.717) is 32.5 Å². The maximum absolute atomic E-state index is 12.4. The number of hydrogen-bond acceptors (Lipinski definition) is 4. The van der Waals surface area contributed by atoms with Crippen molar-refractivity contribution in [3.05, 3.63) is 30.1 Å². The molecule has 0 radical (unpaired) electrons. The van der Waals surface area contributed by atoms with Gasteiger partial charge in [-0.1, -0.05) is 12.0 Å². The second-order valence-corrected chi connectivity index (χ2v) is 5.85. The van der Waals surface area contributed by atoms with Crippen LogP contribution in [0.5, 0.6) is 0 Å². The van der Waals surface area contributed by atoms with Gasteiger partial charge in [0, 0.05) is 45.0 Å². The van der Waals surface area contributed by atoms with Crippen LogP contribution in [0.2, 0.25) is 0 Å². The lowest BCUT2D eigenvalue weighted by Crippen LogP contribution is -2.40. The largest absolute Gasteiger partial charge is 0.344 e. The minimum absolute atomic E-state index is 0.0655. The van der Waals surface area contributed by atoms with Crippen LogP contribution in [-0.4, -0.2) is 65.9 Å². The van der Waals surface area contributed by atoms with Crippen LogP contribution in [-0.2, 0) is 16.0 Å². The summed E-state index contributed by atoms with van der Waals surface area (Å²) in [5.41, 5.74) is 1.08. The molecule has 6 heteroatoms. The van der Waals surface area contributed by atoms with E-state index in [0.717, 1.165) is 25.1 Å². The average molecular weight is 328 g/mol. The van der Waals surface area contributed by atoms with Gasteiger partial charge >= 0.3 is 0 Å². The van der Waals surface area contributed by atoms with Crippen LogP contribution in [0.25, 0.3) is 0 Å². The molecule has 0 spiro atoms. The van der Waals surface area contributed by atoms with Crippen molar-refractivity contribution in [3.63, 3.8) is 0 Å². The first-order chi connectivity index (χ1) is 11.7. The molecule has 1 N–H and O–H groups in total. The first-order valence-corrected chi connectivity index (χ1v) is 8.28. The maximum atomic E-state index is 12.4. The fraction of sp³-hybridized carbons (Fsp3) is 0.500. The summed E-state index contributed by atoms with van der Waals surface area (Å²) >= 11 is 0. The lowest BCUT2D eigenvalue weighted by Gasteiger charge is -2.21. The summed E-state index contributed by atoms with van der Waals surface area (Å²) in [6.45, 7) is 3.52. The molecule has 1 saturated heterocycles. The van der Waals surface area contributed by atoms with Gasteiger partial charge in [-0.25, -0.2) is 0 Å². The number of nitrogens with one attached hydrogen (secondary N) is 1. The number of carbonyl (C=O) groups is 2. The molecule has 0 atom stereocenters. The Morgan fingerprint density at radius 2 is 2.17 bits per heavy atom. The third-order valence-electron chi connectivity index (χ3n) is 4.05. The number of amides is 2. The summed E-state index contributed by atoms with van der Waals surface area (Å²) in [6, 6.07) is 3.87. The van der Waals surface area contributed by atoms with Gasteiger partial charge in [0.2, 0.25) is 11.8 Å². The summed E-state index contributed by atoms with van der Waals surface area (Å²) in [5.74, 6) is 2.49. The molecule has 0 aromatic carbocycles. The van der Waals surface area contributed by atoms with Crippen LogP contribution in [0, 0.1) is 12.3 Å². The zero-order chi connectivity index (χ0) is 17.2. The van der Waals surface area contributed by atoms with Crippen LogP contribution in [0.3, 0.4) is 0 Å². The Morgan fingerprint density at radius 3 is 2.92 bits per heavy atom. The fourth-order valence-electron chi connectivity index (χ4n) is 2.74. The minimum atomic E-state index is -0.0655. The standard InChI is InChI=1S/C18H24N4O2/c1-2-8-20-17(23)15-21-10-4-11-22(13-12-21)18(24)7-6-16-5-3-9-19-14-16/h1,3,5,9,14H,4,6-8,10-13,15H2,(H,20,23). The van der Waals surface area contributed by atoms with Crippen molar-refractivity contribution in [2.24, 2.45) is 0 Å². The molecule has 6 nitrogen and oxygen atoms in total. The van der Waals surface area contributed by atoms with Gasteiger partial charge in [0.25, 0.3) is 0 Å². The normalized spacial score (nSPS) is 15.4. The number of carbonyl (C=O) groups excluding carboxylic acids is 2. The monoisotopic (exact) mass is 328 g/mol. The van der Waals surface area contributed by atoms with E-state index in [2.05, 4.69) is 21.1 Å². The predicted octanol–water partition coefficient (Wildman–Crippen LogP) is 0.298. The zero-order valence-electron chi connectivity index (χ0n) is 13.9. The fourth-order valence-corrected chi connectivity index (χ4v) is 2.74. The minimum Gasteiger partial charge on any atom is -0.344 e. The number of hydrogen-bond donors (Lipinski definition) is 1. The lowest BCUT2D eigenvalue weighted by atomic mass is 10.1. The van der Waals surface area contributed by atoms with Crippen molar-refractivity contribution in [1.29, 1.82) is 0 Å². The second-order valence-electron chi connectivity index (χ2n) is 5.85. The summed E-state index contributed by atoms with van der Waals surface area (Å²) in [7, 11) is 0. The highest BCUT2D eigenvalue weighted by molar-refractivity contribution is 5.78. The molecule has 1 fully saturated rings. The van der Waals surface area contributed by atoms with Gasteiger partial charge in [-0.05, 0) is 24.5 Å². The molecule has 128 valence electrons. The molecule has 1 aromatic heterocycles. The predicted molar refractivity (Wildman–Crippen MR) is 92.0 cm³/mol. The van der Waals surface area contributed by atoms with Crippen molar-refractivity contribution in [2.75, 3.05) is 39.3 Å². The molecular weight excluding hydrogens is 304 g/mol. The first-order valence-electron chi connectivity index (χ1n) is 8.28. The van der Waals surface area contributed by atoms with Gasteiger partial charge in [0.05, 0.1) is 13.1 Å². The molecule has 0 aliphatic carbocycles. The van der Waals surface area contributed by atoms with E-state index in [9.17, 15) is 9.59 Å². The Morgan fingerprint density at radius 1 is 1.29 bits per heavy atom. The van der Waals surface area contributed by atoms with Gasteiger partial charge in [-0.3, -0.25) is 19.5 Å². The molecule has 0 bridgehead atoms. The SMILES string of the molecule is C#CCNC(=O)CN1CCCN(C(=O)CCc2cccnc2)CC1. The number of rotatable bonds is 6. The van der Waals surface area contributed by atoms with Crippen LogP contribution >= 0.6 is 0 Å². The van der Waals surface area contributed by atoms with Gasteiger partial charge in [-0.15, -0.1) is 6.42 Å². The Labute approximate surface area is 143 Å². The highest BCUT2D eigenvalue weighted by atomic mass is 16.2. The second kappa shape index (κ2) is 9.68. The Bertz CT molecular complexity index is 582. The van der Waals surface area contributed by atoms with Crippen molar-refractivity contribution >= 4 is 11.8 Å². The van der Waals surface area contributed by atoms with Gasteiger partial charge in [0.15, 0.2) is 0 Å². The third kappa shape index (κ3) is 6.01. The first kappa shape index (κ1) is 18.0. The van der Waals surface area contributed by atoms with E-state index in [-0.39, 0.29) is 18.4 Å². The summed E-state index contributed by atoms with van der Waals surface area (Å²) in [5, 5.41) is 2.67. The summed E-state index contributed by atoms with van der Waals surface area (Å²) in [6.07, 6.45) is 10.7. The van der Waals surface area contributed by atoms with E-state index in [1.54, 1.807) is 12.4 Å². The van der Waals surface area contributed by atoms with Crippen LogP contribution in [0.1, 0.15) is 18.4 Å². The molecule has 2 rings (SSSR count). The highest BCUT2D eigenvalue weighted by Crippen LogP contribution is 2.07. The van der Waals surface area contributed by atoms with Crippen LogP contribution in [0.4, 0.5) is 0 Å². The average Bonchev–Trinajstić information content (AvgIpc) is 2.84. The van der Waals surface area contributed by atoms with Crippen molar-refractivity contribution < 1.29 is 9.59 Å². The number of aryl methyl sites for hydroxylation is 1. The Hall–Kier alpha value is -2.39. The maximum Gasteiger partial charge on any atom is 0.234 e. The van der Waals surface area contributed by atoms with E-state index in [1.807, 2.05) is 17.0 Å². The molecule has 1 aliphatic heterocycles. The Balaban J connectivity index is 1.74. The molecule has 1 aromatic rings. The topological polar surface area (TPSA) is 65.5 Å². The van der Waals surface area contributed by atoms with Crippen LogP contribution < -0.4 is 5.32 Å². The number of pyridine rings is 1. The number of terminal acetylenes is 1. The summed E-state index contributed by atoms with van der Waals surface area (Å²) < 4.78 is 0. The van der Waals surface area contributed by atoms with Crippen molar-refractivity contribution in [1.82, 2.24) is 20.1 Å². The summed E-state index contributed by atoms with van der Waals surface area (Å²) in [4.78, 5) is 32.1. The van der Waals surface area contributed by atoms with Gasteiger partial charge in [-0.2, -0.15) is 0 Å². The quantitative estimate of drug-likeness (QED) is 0.763. The van der Waals surface area contributed by atoms with E-state index >= 15 is 0 Å². The van der Waals surface area contributed by atoms with Crippen LogP contribution in [0.15, 0.2) is 24.5 Å². The lowest BCUT2D eigenvalue weighted by molar-refractivity contribution is -0.131. The van der Waals surface area contributed by atoms with Crippen molar-refractivity contribution in [2.45, 2.75) is 19.3 Å². The van der Waals surface area contributed by atoms with E-state index in [4.69, 9.17) is 6.42 Å². The number of aromatic nitrogens is 1. The van der Waals surface area contributed by atoms with E-state index in [1.165, 1.54) is 0 Å². The number of nitrogens with zero attached hydrogens (tertiary/aromatic N) is 3. The molecule has 2 amide bonds. The zero-order valence-corrected chi connectivity index (χ0v) is 13.9. The molecule has 24 heavy (non-hydrogen) atoms. The molecular formula is C18H24N4O2.